The van der Waals surface area contributed by atoms with Crippen LogP contribution in [0, 0.1) is 17.6 Å². The molecule has 5 heteroatoms. The summed E-state index contributed by atoms with van der Waals surface area (Å²) in [6.45, 7) is 6.64. The monoisotopic (exact) mass is 332 g/mol. The van der Waals surface area contributed by atoms with Gasteiger partial charge in [0.1, 0.15) is 5.82 Å². The van der Waals surface area contributed by atoms with E-state index >= 15 is 0 Å². The summed E-state index contributed by atoms with van der Waals surface area (Å²) in [4.78, 5) is 1.99. The van der Waals surface area contributed by atoms with Gasteiger partial charge in [0.25, 0.3) is 0 Å². The van der Waals surface area contributed by atoms with Crippen LogP contribution in [0.2, 0.25) is 0 Å². The van der Waals surface area contributed by atoms with Crippen molar-refractivity contribution < 1.29 is 8.78 Å². The molecular formula is C14H19BrF2N2. The Morgan fingerprint density at radius 3 is 2.84 bits per heavy atom. The third kappa shape index (κ3) is 3.26. The van der Waals surface area contributed by atoms with E-state index in [4.69, 9.17) is 0 Å². The minimum absolute atomic E-state index is 0.343. The molecule has 1 aromatic rings. The van der Waals surface area contributed by atoms with Gasteiger partial charge in [-0.2, -0.15) is 0 Å². The molecule has 0 spiro atoms. The summed E-state index contributed by atoms with van der Waals surface area (Å²) in [6.07, 6.45) is 1.08. The van der Waals surface area contributed by atoms with Crippen LogP contribution < -0.4 is 10.2 Å². The van der Waals surface area contributed by atoms with E-state index in [1.165, 1.54) is 6.07 Å². The van der Waals surface area contributed by atoms with Gasteiger partial charge in [0, 0.05) is 36.2 Å². The Morgan fingerprint density at radius 2 is 2.21 bits per heavy atom. The lowest BCUT2D eigenvalue weighted by Crippen LogP contribution is -2.53. The Kier molecular flexibility index (Phi) is 4.79. The third-order valence-electron chi connectivity index (χ3n) is 3.83. The van der Waals surface area contributed by atoms with Crippen molar-refractivity contribution in [3.8, 4) is 0 Å². The molecule has 0 saturated carbocycles. The SMILES string of the molecule is CCC(C)C1CN(c2c(F)cc(F)cc2Br)CCN1. The molecule has 1 aromatic carbocycles. The van der Waals surface area contributed by atoms with Crippen molar-refractivity contribution in [1.29, 1.82) is 0 Å². The second-order valence-corrected chi connectivity index (χ2v) is 5.96. The molecule has 106 valence electrons. The number of nitrogens with zero attached hydrogens (tertiary/aromatic N) is 1. The van der Waals surface area contributed by atoms with Crippen LogP contribution in [0.5, 0.6) is 0 Å². The number of hydrogen-bond acceptors (Lipinski definition) is 2. The Hall–Kier alpha value is -0.680. The molecule has 19 heavy (non-hydrogen) atoms. The highest BCUT2D eigenvalue weighted by Gasteiger charge is 2.26. The van der Waals surface area contributed by atoms with Crippen molar-refractivity contribution in [2.45, 2.75) is 26.3 Å². The van der Waals surface area contributed by atoms with Crippen LogP contribution >= 0.6 is 15.9 Å². The van der Waals surface area contributed by atoms with E-state index in [0.29, 0.717) is 22.1 Å². The van der Waals surface area contributed by atoms with Crippen molar-refractivity contribution in [2.24, 2.45) is 5.92 Å². The number of nitrogens with one attached hydrogen (secondary N) is 1. The van der Waals surface area contributed by atoms with Gasteiger partial charge in [-0.15, -0.1) is 0 Å². The number of benzene rings is 1. The fraction of sp³-hybridized carbons (Fsp3) is 0.571. The number of anilines is 1. The molecule has 0 aliphatic carbocycles. The Morgan fingerprint density at radius 1 is 1.47 bits per heavy atom. The molecular weight excluding hydrogens is 314 g/mol. The largest absolute Gasteiger partial charge is 0.365 e. The Balaban J connectivity index is 2.22. The third-order valence-corrected chi connectivity index (χ3v) is 4.44. The highest BCUT2D eigenvalue weighted by atomic mass is 79.9. The van der Waals surface area contributed by atoms with E-state index in [0.717, 1.165) is 32.1 Å². The molecule has 0 radical (unpaired) electrons. The maximum Gasteiger partial charge on any atom is 0.150 e. The zero-order valence-electron chi connectivity index (χ0n) is 11.2. The molecule has 0 bridgehead atoms. The summed E-state index contributed by atoms with van der Waals surface area (Å²) < 4.78 is 27.6. The summed E-state index contributed by atoms with van der Waals surface area (Å²) >= 11 is 3.27. The van der Waals surface area contributed by atoms with Crippen molar-refractivity contribution in [2.75, 3.05) is 24.5 Å². The molecule has 1 heterocycles. The maximum atomic E-state index is 14.0. The number of halogens is 3. The van der Waals surface area contributed by atoms with Crippen LogP contribution in [-0.4, -0.2) is 25.7 Å². The molecule has 1 N–H and O–H groups in total. The van der Waals surface area contributed by atoms with Gasteiger partial charge < -0.3 is 10.2 Å². The van der Waals surface area contributed by atoms with Gasteiger partial charge in [-0.1, -0.05) is 20.3 Å². The van der Waals surface area contributed by atoms with Gasteiger partial charge in [-0.05, 0) is 27.9 Å². The zero-order chi connectivity index (χ0) is 14.0. The normalized spacial score (nSPS) is 21.5. The fourth-order valence-corrected chi connectivity index (χ4v) is 3.14. The van der Waals surface area contributed by atoms with Crippen molar-refractivity contribution in [3.05, 3.63) is 28.2 Å². The minimum atomic E-state index is -0.554. The molecule has 1 fully saturated rings. The summed E-state index contributed by atoms with van der Waals surface area (Å²) in [5.74, 6) is -0.525. The molecule has 2 unspecified atom stereocenters. The number of rotatable bonds is 3. The Bertz CT molecular complexity index is 430. The van der Waals surface area contributed by atoms with Gasteiger partial charge in [-0.25, -0.2) is 8.78 Å². The van der Waals surface area contributed by atoms with Gasteiger partial charge in [0.05, 0.1) is 5.69 Å². The first-order valence-corrected chi connectivity index (χ1v) is 7.45. The quantitative estimate of drug-likeness (QED) is 0.910. The summed E-state index contributed by atoms with van der Waals surface area (Å²) in [7, 11) is 0. The standard InChI is InChI=1S/C14H19BrF2N2/c1-3-9(2)13-8-19(5-4-18-13)14-11(15)6-10(16)7-12(14)17/h6-7,9,13,18H,3-5,8H2,1-2H3. The van der Waals surface area contributed by atoms with E-state index in [-0.39, 0.29) is 0 Å². The molecule has 1 aliphatic heterocycles. The predicted octanol–water partition coefficient (Wildman–Crippen LogP) is 3.55. The molecule has 0 amide bonds. The lowest BCUT2D eigenvalue weighted by Gasteiger charge is -2.38. The molecule has 2 atom stereocenters. The second kappa shape index (κ2) is 6.18. The van der Waals surface area contributed by atoms with Crippen molar-refractivity contribution in [1.82, 2.24) is 5.32 Å². The minimum Gasteiger partial charge on any atom is -0.365 e. The van der Waals surface area contributed by atoms with E-state index < -0.39 is 11.6 Å². The molecule has 1 saturated heterocycles. The van der Waals surface area contributed by atoms with Crippen LogP contribution in [0.25, 0.3) is 0 Å². The summed E-state index contributed by atoms with van der Waals surface area (Å²) in [5.41, 5.74) is 0.469. The van der Waals surface area contributed by atoms with Crippen molar-refractivity contribution >= 4 is 21.6 Å². The van der Waals surface area contributed by atoms with Crippen molar-refractivity contribution in [3.63, 3.8) is 0 Å². The topological polar surface area (TPSA) is 15.3 Å². The van der Waals surface area contributed by atoms with Crippen LogP contribution in [0.1, 0.15) is 20.3 Å². The van der Waals surface area contributed by atoms with Gasteiger partial charge >= 0.3 is 0 Å². The highest BCUT2D eigenvalue weighted by Crippen LogP contribution is 2.31. The lowest BCUT2D eigenvalue weighted by atomic mass is 9.97. The van der Waals surface area contributed by atoms with Gasteiger partial charge in [0.2, 0.25) is 0 Å². The van der Waals surface area contributed by atoms with E-state index in [2.05, 4.69) is 35.1 Å². The number of piperazine rings is 1. The Labute approximate surface area is 121 Å². The first-order chi connectivity index (χ1) is 9.02. The predicted molar refractivity (Wildman–Crippen MR) is 77.5 cm³/mol. The molecule has 1 aliphatic rings. The average molecular weight is 333 g/mol. The molecule has 2 rings (SSSR count). The van der Waals surface area contributed by atoms with E-state index in [1.54, 1.807) is 0 Å². The van der Waals surface area contributed by atoms with Crippen LogP contribution in [0.4, 0.5) is 14.5 Å². The lowest BCUT2D eigenvalue weighted by molar-refractivity contribution is 0.340. The maximum absolute atomic E-state index is 14.0. The van der Waals surface area contributed by atoms with Crippen LogP contribution in [0.3, 0.4) is 0 Å². The van der Waals surface area contributed by atoms with Crippen LogP contribution in [0.15, 0.2) is 16.6 Å². The molecule has 2 nitrogen and oxygen atoms in total. The number of hydrogen-bond donors (Lipinski definition) is 1. The summed E-state index contributed by atoms with van der Waals surface area (Å²) in [6, 6.07) is 2.61. The second-order valence-electron chi connectivity index (χ2n) is 5.11. The van der Waals surface area contributed by atoms with E-state index in [1.807, 2.05) is 4.90 Å². The smallest absolute Gasteiger partial charge is 0.150 e. The average Bonchev–Trinajstić information content (AvgIpc) is 2.37. The summed E-state index contributed by atoms with van der Waals surface area (Å²) in [5, 5.41) is 3.47. The van der Waals surface area contributed by atoms with Gasteiger partial charge in [-0.3, -0.25) is 0 Å². The molecule has 0 aromatic heterocycles. The zero-order valence-corrected chi connectivity index (χ0v) is 12.8. The highest BCUT2D eigenvalue weighted by molar-refractivity contribution is 9.10. The van der Waals surface area contributed by atoms with E-state index in [9.17, 15) is 8.78 Å². The van der Waals surface area contributed by atoms with Gasteiger partial charge in [0.15, 0.2) is 5.82 Å². The van der Waals surface area contributed by atoms with Crippen LogP contribution in [-0.2, 0) is 0 Å². The first kappa shape index (κ1) is 14.7. The fourth-order valence-electron chi connectivity index (χ4n) is 2.48. The first-order valence-electron chi connectivity index (χ1n) is 6.65.